The van der Waals surface area contributed by atoms with Gasteiger partial charge in [0.05, 0.1) is 16.2 Å². The monoisotopic (exact) mass is 450 g/mol. The van der Waals surface area contributed by atoms with Crippen LogP contribution in [0, 0.1) is 6.92 Å². The molecule has 0 radical (unpaired) electrons. The predicted molar refractivity (Wildman–Crippen MR) is 122 cm³/mol. The minimum absolute atomic E-state index is 0.0552. The molecule has 0 saturated heterocycles. The Balaban J connectivity index is 1.55. The molecule has 0 saturated carbocycles. The summed E-state index contributed by atoms with van der Waals surface area (Å²) in [6.07, 6.45) is 1.42. The number of hydrogen-bond acceptors (Lipinski definition) is 6. The Kier molecular flexibility index (Phi) is 5.79. The van der Waals surface area contributed by atoms with Gasteiger partial charge in [-0.3, -0.25) is 14.8 Å². The van der Waals surface area contributed by atoms with E-state index < -0.39 is 15.9 Å². The van der Waals surface area contributed by atoms with Crippen LogP contribution in [0.15, 0.2) is 83.2 Å². The molecule has 2 aromatic heterocycles. The maximum absolute atomic E-state index is 12.8. The van der Waals surface area contributed by atoms with Gasteiger partial charge in [0.15, 0.2) is 10.9 Å². The molecule has 0 aliphatic heterocycles. The van der Waals surface area contributed by atoms with Crippen LogP contribution in [-0.4, -0.2) is 24.3 Å². The molecular formula is C22H18N4O3S2. The molecule has 9 heteroatoms. The Morgan fingerprint density at radius 3 is 2.45 bits per heavy atom. The van der Waals surface area contributed by atoms with Crippen LogP contribution in [0.4, 0.5) is 10.9 Å². The molecular weight excluding hydrogens is 432 g/mol. The predicted octanol–water partition coefficient (Wildman–Crippen LogP) is 4.57. The zero-order valence-corrected chi connectivity index (χ0v) is 18.1. The van der Waals surface area contributed by atoms with Gasteiger partial charge in [-0.25, -0.2) is 18.4 Å². The SMILES string of the molecule is Cc1ccc(S(=O)(=O)Nc2ncccc2C(=O)Nc2nc(-c3ccccc3)cs2)cc1. The van der Waals surface area contributed by atoms with E-state index in [-0.39, 0.29) is 16.3 Å². The molecule has 4 rings (SSSR count). The molecule has 2 heterocycles. The number of aromatic nitrogens is 2. The summed E-state index contributed by atoms with van der Waals surface area (Å²) in [5.41, 5.74) is 2.71. The minimum atomic E-state index is -3.90. The number of aryl methyl sites for hydroxylation is 1. The van der Waals surface area contributed by atoms with Crippen LogP contribution in [0.5, 0.6) is 0 Å². The second-order valence-corrected chi connectivity index (χ2v) is 9.22. The second-order valence-electron chi connectivity index (χ2n) is 6.68. The highest BCUT2D eigenvalue weighted by atomic mass is 32.2. The molecule has 2 aromatic carbocycles. The Morgan fingerprint density at radius 1 is 0.968 bits per heavy atom. The summed E-state index contributed by atoms with van der Waals surface area (Å²) >= 11 is 1.28. The van der Waals surface area contributed by atoms with Gasteiger partial charge in [-0.15, -0.1) is 11.3 Å². The average molecular weight is 451 g/mol. The number of nitrogens with one attached hydrogen (secondary N) is 2. The first-order valence-corrected chi connectivity index (χ1v) is 11.7. The first kappa shape index (κ1) is 20.7. The van der Waals surface area contributed by atoms with E-state index in [9.17, 15) is 13.2 Å². The quantitative estimate of drug-likeness (QED) is 0.448. The van der Waals surface area contributed by atoms with Gasteiger partial charge < -0.3 is 0 Å². The number of anilines is 2. The van der Waals surface area contributed by atoms with Crippen molar-refractivity contribution < 1.29 is 13.2 Å². The molecule has 7 nitrogen and oxygen atoms in total. The molecule has 156 valence electrons. The van der Waals surface area contributed by atoms with Crippen LogP contribution in [-0.2, 0) is 10.0 Å². The lowest BCUT2D eigenvalue weighted by atomic mass is 10.2. The standard InChI is InChI=1S/C22H18N4O3S2/c1-15-9-11-17(12-10-15)31(28,29)26-20-18(8-5-13-23-20)21(27)25-22-24-19(14-30-22)16-6-3-2-4-7-16/h2-14H,1H3,(H,23,26)(H,24,25,27). The molecule has 4 aromatic rings. The van der Waals surface area contributed by atoms with Crippen molar-refractivity contribution in [3.63, 3.8) is 0 Å². The third kappa shape index (κ3) is 4.79. The molecule has 0 spiro atoms. The number of carbonyl (C=O) groups excluding carboxylic acids is 1. The summed E-state index contributed by atoms with van der Waals surface area (Å²) in [5.74, 6) is -0.566. The number of carbonyl (C=O) groups is 1. The highest BCUT2D eigenvalue weighted by Gasteiger charge is 2.20. The fourth-order valence-electron chi connectivity index (χ4n) is 2.81. The molecule has 0 aliphatic carbocycles. The van der Waals surface area contributed by atoms with Crippen molar-refractivity contribution in [1.82, 2.24) is 9.97 Å². The van der Waals surface area contributed by atoms with Gasteiger partial charge in [-0.2, -0.15) is 0 Å². The molecule has 0 atom stereocenters. The largest absolute Gasteiger partial charge is 0.298 e. The first-order valence-electron chi connectivity index (χ1n) is 9.29. The van der Waals surface area contributed by atoms with Crippen molar-refractivity contribution in [1.29, 1.82) is 0 Å². The van der Waals surface area contributed by atoms with Crippen molar-refractivity contribution in [2.45, 2.75) is 11.8 Å². The maximum Gasteiger partial charge on any atom is 0.263 e. The van der Waals surface area contributed by atoms with E-state index in [0.717, 1.165) is 16.8 Å². The van der Waals surface area contributed by atoms with Gasteiger partial charge in [-0.1, -0.05) is 48.0 Å². The molecule has 0 bridgehead atoms. The van der Waals surface area contributed by atoms with Gasteiger partial charge >= 0.3 is 0 Å². The van der Waals surface area contributed by atoms with Crippen molar-refractivity contribution in [3.8, 4) is 11.3 Å². The smallest absolute Gasteiger partial charge is 0.263 e. The fourth-order valence-corrected chi connectivity index (χ4v) is 4.55. The van der Waals surface area contributed by atoms with Crippen molar-refractivity contribution in [2.24, 2.45) is 0 Å². The van der Waals surface area contributed by atoms with Crippen molar-refractivity contribution >= 4 is 38.2 Å². The molecule has 31 heavy (non-hydrogen) atoms. The topological polar surface area (TPSA) is 101 Å². The molecule has 0 unspecified atom stereocenters. The second kappa shape index (κ2) is 8.66. The van der Waals surface area contributed by atoms with E-state index >= 15 is 0 Å². The lowest BCUT2D eigenvalue weighted by Gasteiger charge is -2.11. The Labute approximate surface area is 183 Å². The minimum Gasteiger partial charge on any atom is -0.298 e. The van der Waals surface area contributed by atoms with Gasteiger partial charge in [0.2, 0.25) is 0 Å². The van der Waals surface area contributed by atoms with Crippen LogP contribution in [0.2, 0.25) is 0 Å². The van der Waals surface area contributed by atoms with Crippen LogP contribution in [0.3, 0.4) is 0 Å². The summed E-state index contributed by atoms with van der Waals surface area (Å²) in [4.78, 5) is 21.4. The van der Waals surface area contributed by atoms with Crippen LogP contribution in [0.1, 0.15) is 15.9 Å². The zero-order valence-electron chi connectivity index (χ0n) is 16.4. The zero-order chi connectivity index (χ0) is 21.8. The highest BCUT2D eigenvalue weighted by molar-refractivity contribution is 7.92. The molecule has 0 aliphatic rings. The van der Waals surface area contributed by atoms with E-state index in [1.807, 2.05) is 42.6 Å². The number of hydrogen-bond donors (Lipinski definition) is 2. The molecule has 1 amide bonds. The third-order valence-corrected chi connectivity index (χ3v) is 6.52. The molecule has 2 N–H and O–H groups in total. The lowest BCUT2D eigenvalue weighted by Crippen LogP contribution is -2.19. The highest BCUT2D eigenvalue weighted by Crippen LogP contribution is 2.26. The Bertz CT molecular complexity index is 1320. The van der Waals surface area contributed by atoms with Crippen LogP contribution in [0.25, 0.3) is 11.3 Å². The Hall–Kier alpha value is -3.56. The molecule has 0 fully saturated rings. The summed E-state index contributed by atoms with van der Waals surface area (Å²) in [6.45, 7) is 1.87. The first-order chi connectivity index (χ1) is 14.9. The van der Waals surface area contributed by atoms with E-state index in [1.54, 1.807) is 18.2 Å². The van der Waals surface area contributed by atoms with Crippen molar-refractivity contribution in [2.75, 3.05) is 10.0 Å². The lowest BCUT2D eigenvalue weighted by molar-refractivity contribution is 0.102. The third-order valence-electron chi connectivity index (χ3n) is 4.41. The number of thiazole rings is 1. The summed E-state index contributed by atoms with van der Waals surface area (Å²) in [6, 6.07) is 19.1. The van der Waals surface area contributed by atoms with Crippen LogP contribution >= 0.6 is 11.3 Å². The number of amides is 1. The number of pyridine rings is 1. The van der Waals surface area contributed by atoms with E-state index in [0.29, 0.717) is 5.13 Å². The fraction of sp³-hybridized carbons (Fsp3) is 0.0455. The summed E-state index contributed by atoms with van der Waals surface area (Å²) in [7, 11) is -3.90. The van der Waals surface area contributed by atoms with E-state index in [4.69, 9.17) is 0 Å². The van der Waals surface area contributed by atoms with Gasteiger partial charge in [0.25, 0.3) is 15.9 Å². The number of benzene rings is 2. The van der Waals surface area contributed by atoms with Gasteiger partial charge in [0.1, 0.15) is 0 Å². The van der Waals surface area contributed by atoms with Crippen LogP contribution < -0.4 is 10.0 Å². The Morgan fingerprint density at radius 2 is 1.71 bits per heavy atom. The number of nitrogens with zero attached hydrogens (tertiary/aromatic N) is 2. The van der Waals surface area contributed by atoms with Gasteiger partial charge in [-0.05, 0) is 31.2 Å². The summed E-state index contributed by atoms with van der Waals surface area (Å²) in [5, 5.41) is 4.96. The van der Waals surface area contributed by atoms with Crippen molar-refractivity contribution in [3.05, 3.63) is 89.4 Å². The van der Waals surface area contributed by atoms with E-state index in [1.165, 1.54) is 35.7 Å². The normalized spacial score (nSPS) is 11.1. The maximum atomic E-state index is 12.8. The number of rotatable bonds is 6. The number of sulfonamides is 1. The van der Waals surface area contributed by atoms with Gasteiger partial charge in [0, 0.05) is 17.1 Å². The average Bonchev–Trinajstić information content (AvgIpc) is 3.23. The van der Waals surface area contributed by atoms with E-state index in [2.05, 4.69) is 20.0 Å². The summed E-state index contributed by atoms with van der Waals surface area (Å²) < 4.78 is 27.8.